The first-order chi connectivity index (χ1) is 6.72. The van der Waals surface area contributed by atoms with Crippen molar-refractivity contribution in [1.29, 1.82) is 0 Å². The van der Waals surface area contributed by atoms with Crippen molar-refractivity contribution in [1.82, 2.24) is 0 Å². The van der Waals surface area contributed by atoms with Crippen molar-refractivity contribution in [3.63, 3.8) is 0 Å². The fourth-order valence-corrected chi connectivity index (χ4v) is 3.19. The summed E-state index contributed by atoms with van der Waals surface area (Å²) in [6.07, 6.45) is 2.22. The van der Waals surface area contributed by atoms with Crippen LogP contribution in [0.3, 0.4) is 0 Å². The lowest BCUT2D eigenvalue weighted by atomic mass is 10.1. The van der Waals surface area contributed by atoms with Crippen LogP contribution in [0.25, 0.3) is 0 Å². The molecule has 0 bridgehead atoms. The Kier molecular flexibility index (Phi) is 2.59. The van der Waals surface area contributed by atoms with Gasteiger partial charge in [-0.1, -0.05) is 19.4 Å². The van der Waals surface area contributed by atoms with Gasteiger partial charge in [0, 0.05) is 7.05 Å². The molecule has 1 aliphatic heterocycles. The third kappa shape index (κ3) is 1.57. The van der Waals surface area contributed by atoms with Crippen LogP contribution in [-0.4, -0.2) is 17.1 Å². The topological polar surface area (TPSA) is 20.3 Å². The molecule has 0 saturated carbocycles. The molecule has 0 N–H and O–H groups in total. The Morgan fingerprint density at radius 3 is 3.00 bits per heavy atom. The highest BCUT2D eigenvalue weighted by molar-refractivity contribution is 7.85. The van der Waals surface area contributed by atoms with Gasteiger partial charge in [0.15, 0.2) is 0 Å². The van der Waals surface area contributed by atoms with Gasteiger partial charge in [-0.3, -0.25) is 4.21 Å². The van der Waals surface area contributed by atoms with Gasteiger partial charge in [-0.25, -0.2) is 0 Å². The standard InChI is InChI=1S/C11H15NOS/c1-3-4-9-5-6-10-11(7-9)14(13)8-12(10)2/h5-7H,3-4,8H2,1-2H3. The first-order valence-corrected chi connectivity index (χ1v) is 6.26. The second kappa shape index (κ2) is 3.73. The molecule has 3 heteroatoms. The van der Waals surface area contributed by atoms with Crippen LogP contribution in [0.4, 0.5) is 5.69 Å². The number of fused-ring (bicyclic) bond motifs is 1. The van der Waals surface area contributed by atoms with Crippen molar-refractivity contribution < 1.29 is 4.21 Å². The van der Waals surface area contributed by atoms with Crippen LogP contribution in [-0.2, 0) is 17.2 Å². The first-order valence-electron chi connectivity index (χ1n) is 4.95. The minimum Gasteiger partial charge on any atom is -0.361 e. The molecule has 0 amide bonds. The molecule has 0 radical (unpaired) electrons. The second-order valence-corrected chi connectivity index (χ2v) is 5.11. The van der Waals surface area contributed by atoms with Gasteiger partial charge >= 0.3 is 0 Å². The van der Waals surface area contributed by atoms with Crippen LogP contribution in [0.1, 0.15) is 18.9 Å². The molecule has 2 rings (SSSR count). The molecule has 0 spiro atoms. The largest absolute Gasteiger partial charge is 0.361 e. The van der Waals surface area contributed by atoms with E-state index in [1.807, 2.05) is 7.05 Å². The van der Waals surface area contributed by atoms with Crippen molar-refractivity contribution in [2.24, 2.45) is 0 Å². The monoisotopic (exact) mass is 209 g/mol. The maximum Gasteiger partial charge on any atom is 0.0982 e. The average molecular weight is 209 g/mol. The maximum absolute atomic E-state index is 11.7. The van der Waals surface area contributed by atoms with Gasteiger partial charge in [-0.05, 0) is 24.1 Å². The van der Waals surface area contributed by atoms with Crippen molar-refractivity contribution in [3.05, 3.63) is 23.8 Å². The van der Waals surface area contributed by atoms with E-state index >= 15 is 0 Å². The molecule has 76 valence electrons. The summed E-state index contributed by atoms with van der Waals surface area (Å²) in [5, 5.41) is 0. The Labute approximate surface area is 87.4 Å². The Morgan fingerprint density at radius 2 is 2.29 bits per heavy atom. The van der Waals surface area contributed by atoms with Crippen LogP contribution in [0.5, 0.6) is 0 Å². The van der Waals surface area contributed by atoms with Crippen LogP contribution < -0.4 is 4.90 Å². The average Bonchev–Trinajstić information content (AvgIpc) is 2.43. The molecular weight excluding hydrogens is 194 g/mol. The van der Waals surface area contributed by atoms with E-state index in [2.05, 4.69) is 30.0 Å². The van der Waals surface area contributed by atoms with Gasteiger partial charge < -0.3 is 4.90 Å². The van der Waals surface area contributed by atoms with Crippen LogP contribution in [0.15, 0.2) is 23.1 Å². The summed E-state index contributed by atoms with van der Waals surface area (Å²) in [6, 6.07) is 6.32. The summed E-state index contributed by atoms with van der Waals surface area (Å²) in [5.74, 6) is 0.644. The van der Waals surface area contributed by atoms with E-state index in [4.69, 9.17) is 0 Å². The lowest BCUT2D eigenvalue weighted by Crippen LogP contribution is -2.13. The summed E-state index contributed by atoms with van der Waals surface area (Å²) >= 11 is 0. The van der Waals surface area contributed by atoms with E-state index in [1.165, 1.54) is 5.56 Å². The van der Waals surface area contributed by atoms with E-state index in [-0.39, 0.29) is 0 Å². The fourth-order valence-electron chi connectivity index (χ4n) is 1.82. The van der Waals surface area contributed by atoms with E-state index in [0.717, 1.165) is 23.4 Å². The third-order valence-corrected chi connectivity index (χ3v) is 3.97. The number of aryl methyl sites for hydroxylation is 1. The highest BCUT2D eigenvalue weighted by atomic mass is 32.2. The molecule has 0 saturated heterocycles. The number of nitrogens with zero attached hydrogens (tertiary/aromatic N) is 1. The molecule has 14 heavy (non-hydrogen) atoms. The predicted octanol–water partition coefficient (Wildman–Crippen LogP) is 2.15. The molecule has 0 aromatic heterocycles. The van der Waals surface area contributed by atoms with Crippen molar-refractivity contribution >= 4 is 16.5 Å². The van der Waals surface area contributed by atoms with Gasteiger partial charge in [-0.2, -0.15) is 0 Å². The molecular formula is C11H15NOS. The van der Waals surface area contributed by atoms with Crippen molar-refractivity contribution in [3.8, 4) is 0 Å². The smallest absolute Gasteiger partial charge is 0.0982 e. The molecule has 1 unspecified atom stereocenters. The summed E-state index contributed by atoms with van der Waals surface area (Å²) in [6.45, 7) is 2.16. The van der Waals surface area contributed by atoms with Crippen molar-refractivity contribution in [2.45, 2.75) is 24.7 Å². The summed E-state index contributed by atoms with van der Waals surface area (Å²) < 4.78 is 11.7. The lowest BCUT2D eigenvalue weighted by Gasteiger charge is -2.09. The van der Waals surface area contributed by atoms with Crippen LogP contribution in [0, 0.1) is 0 Å². The van der Waals surface area contributed by atoms with Gasteiger partial charge in [-0.15, -0.1) is 0 Å². The van der Waals surface area contributed by atoms with Crippen LogP contribution >= 0.6 is 0 Å². The summed E-state index contributed by atoms with van der Waals surface area (Å²) in [5.41, 5.74) is 2.43. The second-order valence-electron chi connectivity index (χ2n) is 3.72. The Balaban J connectivity index is 2.39. The number of rotatable bonds is 2. The summed E-state index contributed by atoms with van der Waals surface area (Å²) in [4.78, 5) is 3.07. The minimum absolute atomic E-state index is 0.644. The highest BCUT2D eigenvalue weighted by Crippen LogP contribution is 2.31. The molecule has 1 aliphatic rings. The van der Waals surface area contributed by atoms with Gasteiger partial charge in [0.2, 0.25) is 0 Å². The maximum atomic E-state index is 11.7. The van der Waals surface area contributed by atoms with Gasteiger partial charge in [0.25, 0.3) is 0 Å². The molecule has 2 nitrogen and oxygen atoms in total. The molecule has 1 aromatic carbocycles. The molecule has 0 aliphatic carbocycles. The van der Waals surface area contributed by atoms with Crippen LogP contribution in [0.2, 0.25) is 0 Å². The summed E-state index contributed by atoms with van der Waals surface area (Å²) in [7, 11) is 1.17. The van der Waals surface area contributed by atoms with E-state index in [1.54, 1.807) is 0 Å². The molecule has 1 aromatic rings. The number of anilines is 1. The highest BCUT2D eigenvalue weighted by Gasteiger charge is 2.22. The minimum atomic E-state index is -0.816. The fraction of sp³-hybridized carbons (Fsp3) is 0.455. The zero-order valence-corrected chi connectivity index (χ0v) is 9.43. The number of hydrogen-bond acceptors (Lipinski definition) is 2. The first kappa shape index (κ1) is 9.71. The Morgan fingerprint density at radius 1 is 1.50 bits per heavy atom. The Bertz CT molecular complexity index is 376. The zero-order valence-electron chi connectivity index (χ0n) is 8.62. The van der Waals surface area contributed by atoms with Crippen molar-refractivity contribution in [2.75, 3.05) is 17.8 Å². The van der Waals surface area contributed by atoms with Gasteiger partial charge in [0.05, 0.1) is 27.3 Å². The zero-order chi connectivity index (χ0) is 10.1. The lowest BCUT2D eigenvalue weighted by molar-refractivity contribution is 0.685. The van der Waals surface area contributed by atoms with Gasteiger partial charge in [0.1, 0.15) is 0 Å². The molecule has 0 fully saturated rings. The Hall–Kier alpha value is -0.830. The third-order valence-electron chi connectivity index (χ3n) is 2.53. The number of hydrogen-bond donors (Lipinski definition) is 0. The molecule has 1 atom stereocenters. The quantitative estimate of drug-likeness (QED) is 0.744. The van der Waals surface area contributed by atoms with E-state index in [9.17, 15) is 4.21 Å². The van der Waals surface area contributed by atoms with E-state index < -0.39 is 10.8 Å². The predicted molar refractivity (Wildman–Crippen MR) is 60.1 cm³/mol. The normalized spacial score (nSPS) is 19.9. The SMILES string of the molecule is CCCc1ccc2c(c1)S(=O)CN2C. The van der Waals surface area contributed by atoms with E-state index in [0.29, 0.717) is 5.88 Å². The molecule has 1 heterocycles. The number of benzene rings is 1.